The SMILES string of the molecule is O=C(Nc1c(Cl)cccc1C(F)(F)F)C1CNC1. The normalized spacial score (nSPS) is 16.2. The van der Waals surface area contributed by atoms with Crippen molar-refractivity contribution in [3.63, 3.8) is 0 Å². The van der Waals surface area contributed by atoms with Gasteiger partial charge in [0, 0.05) is 13.1 Å². The summed E-state index contributed by atoms with van der Waals surface area (Å²) in [5.74, 6) is -0.755. The molecule has 1 heterocycles. The maximum absolute atomic E-state index is 12.8. The van der Waals surface area contributed by atoms with Crippen LogP contribution in [0.5, 0.6) is 0 Å². The lowest BCUT2D eigenvalue weighted by atomic mass is 10.0. The zero-order chi connectivity index (χ0) is 13.3. The molecule has 0 radical (unpaired) electrons. The van der Waals surface area contributed by atoms with Crippen molar-refractivity contribution in [1.82, 2.24) is 5.32 Å². The van der Waals surface area contributed by atoms with E-state index in [1.165, 1.54) is 12.1 Å². The molecule has 0 bridgehead atoms. The van der Waals surface area contributed by atoms with Gasteiger partial charge < -0.3 is 10.6 Å². The second-order valence-corrected chi connectivity index (χ2v) is 4.41. The Labute approximate surface area is 106 Å². The number of para-hydroxylation sites is 1. The molecule has 0 aliphatic carbocycles. The van der Waals surface area contributed by atoms with Crippen LogP contribution in [0, 0.1) is 5.92 Å². The van der Waals surface area contributed by atoms with Crippen molar-refractivity contribution < 1.29 is 18.0 Å². The van der Waals surface area contributed by atoms with Crippen molar-refractivity contribution in [1.29, 1.82) is 0 Å². The zero-order valence-electron chi connectivity index (χ0n) is 9.14. The number of alkyl halides is 3. The fraction of sp³-hybridized carbons (Fsp3) is 0.364. The minimum absolute atomic E-state index is 0.120. The lowest BCUT2D eigenvalue weighted by Crippen LogP contribution is -2.48. The van der Waals surface area contributed by atoms with E-state index >= 15 is 0 Å². The molecule has 3 nitrogen and oxygen atoms in total. The third-order valence-corrected chi connectivity index (χ3v) is 3.03. The van der Waals surface area contributed by atoms with E-state index in [9.17, 15) is 18.0 Å². The molecule has 98 valence electrons. The summed E-state index contributed by atoms with van der Waals surface area (Å²) in [6.45, 7) is 0.940. The van der Waals surface area contributed by atoms with E-state index in [-0.39, 0.29) is 16.6 Å². The van der Waals surface area contributed by atoms with Gasteiger partial charge >= 0.3 is 6.18 Å². The fourth-order valence-corrected chi connectivity index (χ4v) is 1.81. The summed E-state index contributed by atoms with van der Waals surface area (Å²) < 4.78 is 38.3. The average molecular weight is 279 g/mol. The monoisotopic (exact) mass is 278 g/mol. The predicted octanol–water partition coefficient (Wildman–Crippen LogP) is 2.52. The first-order chi connectivity index (χ1) is 8.39. The van der Waals surface area contributed by atoms with E-state index < -0.39 is 17.6 Å². The highest BCUT2D eigenvalue weighted by Crippen LogP contribution is 2.38. The number of rotatable bonds is 2. The van der Waals surface area contributed by atoms with Crippen LogP contribution in [0.2, 0.25) is 5.02 Å². The summed E-state index contributed by atoms with van der Waals surface area (Å²) in [6, 6.07) is 3.40. The van der Waals surface area contributed by atoms with Crippen LogP contribution in [0.1, 0.15) is 5.56 Å². The van der Waals surface area contributed by atoms with Crippen LogP contribution in [0.25, 0.3) is 0 Å². The molecular weight excluding hydrogens is 269 g/mol. The topological polar surface area (TPSA) is 41.1 Å². The summed E-state index contributed by atoms with van der Waals surface area (Å²) in [5.41, 5.74) is -1.31. The second kappa shape index (κ2) is 4.78. The van der Waals surface area contributed by atoms with Crippen molar-refractivity contribution in [3.05, 3.63) is 28.8 Å². The maximum atomic E-state index is 12.8. The van der Waals surface area contributed by atoms with Gasteiger partial charge in [-0.3, -0.25) is 4.79 Å². The number of amides is 1. The molecule has 1 aliphatic heterocycles. The molecule has 0 aromatic heterocycles. The van der Waals surface area contributed by atoms with E-state index in [1.54, 1.807) is 0 Å². The molecule has 1 fully saturated rings. The highest BCUT2D eigenvalue weighted by atomic mass is 35.5. The van der Waals surface area contributed by atoms with Gasteiger partial charge in [-0.25, -0.2) is 0 Å². The van der Waals surface area contributed by atoms with Crippen LogP contribution in [-0.2, 0) is 11.0 Å². The number of anilines is 1. The summed E-state index contributed by atoms with van der Waals surface area (Å²) in [7, 11) is 0. The summed E-state index contributed by atoms with van der Waals surface area (Å²) >= 11 is 5.72. The van der Waals surface area contributed by atoms with Gasteiger partial charge in [0.15, 0.2) is 0 Å². The second-order valence-electron chi connectivity index (χ2n) is 4.00. The standard InChI is InChI=1S/C11H10ClF3N2O/c12-8-3-1-2-7(11(13,14)15)9(8)17-10(18)6-4-16-5-6/h1-3,6,16H,4-5H2,(H,17,18). The van der Waals surface area contributed by atoms with Gasteiger partial charge in [-0.1, -0.05) is 17.7 Å². The van der Waals surface area contributed by atoms with Crippen molar-refractivity contribution >= 4 is 23.2 Å². The van der Waals surface area contributed by atoms with Gasteiger partial charge in [0.1, 0.15) is 0 Å². The predicted molar refractivity (Wildman–Crippen MR) is 61.4 cm³/mol. The Morgan fingerprint density at radius 1 is 1.39 bits per heavy atom. The molecule has 0 unspecified atom stereocenters. The minimum atomic E-state index is -4.55. The average Bonchev–Trinajstić information content (AvgIpc) is 2.16. The van der Waals surface area contributed by atoms with Crippen molar-refractivity contribution in [2.24, 2.45) is 5.92 Å². The van der Waals surface area contributed by atoms with Crippen LogP contribution < -0.4 is 10.6 Å². The van der Waals surface area contributed by atoms with Crippen LogP contribution >= 0.6 is 11.6 Å². The Morgan fingerprint density at radius 2 is 2.06 bits per heavy atom. The van der Waals surface area contributed by atoms with Crippen LogP contribution in [-0.4, -0.2) is 19.0 Å². The van der Waals surface area contributed by atoms with Gasteiger partial charge in [-0.05, 0) is 12.1 Å². The van der Waals surface area contributed by atoms with Gasteiger partial charge in [0.2, 0.25) is 5.91 Å². The first-order valence-corrected chi connectivity index (χ1v) is 5.64. The lowest BCUT2D eigenvalue weighted by molar-refractivity contribution is -0.137. The fourth-order valence-electron chi connectivity index (χ4n) is 1.59. The molecular formula is C11H10ClF3N2O. The number of halogens is 4. The maximum Gasteiger partial charge on any atom is 0.418 e. The number of carbonyl (C=O) groups is 1. The lowest BCUT2D eigenvalue weighted by Gasteiger charge is -2.26. The van der Waals surface area contributed by atoms with Gasteiger partial charge in [-0.15, -0.1) is 0 Å². The minimum Gasteiger partial charge on any atom is -0.324 e. The van der Waals surface area contributed by atoms with E-state index in [1.807, 2.05) is 0 Å². The quantitative estimate of drug-likeness (QED) is 0.873. The Kier molecular flexibility index (Phi) is 3.49. The Morgan fingerprint density at radius 3 is 2.56 bits per heavy atom. The molecule has 1 aliphatic rings. The number of carbonyl (C=O) groups excluding carboxylic acids is 1. The van der Waals surface area contributed by atoms with Crippen LogP contribution in [0.3, 0.4) is 0 Å². The summed E-state index contributed by atoms with van der Waals surface area (Å²) in [6.07, 6.45) is -4.55. The molecule has 2 N–H and O–H groups in total. The molecule has 1 saturated heterocycles. The van der Waals surface area contributed by atoms with Crippen molar-refractivity contribution in [3.8, 4) is 0 Å². The van der Waals surface area contributed by atoms with Crippen molar-refractivity contribution in [2.45, 2.75) is 6.18 Å². The molecule has 0 spiro atoms. The van der Waals surface area contributed by atoms with E-state index in [2.05, 4.69) is 10.6 Å². The smallest absolute Gasteiger partial charge is 0.324 e. The Bertz CT molecular complexity index is 472. The van der Waals surface area contributed by atoms with E-state index in [0.29, 0.717) is 13.1 Å². The molecule has 7 heteroatoms. The largest absolute Gasteiger partial charge is 0.418 e. The molecule has 1 aromatic carbocycles. The van der Waals surface area contributed by atoms with E-state index in [4.69, 9.17) is 11.6 Å². The van der Waals surface area contributed by atoms with Gasteiger partial charge in [0.05, 0.1) is 22.2 Å². The molecule has 1 amide bonds. The van der Waals surface area contributed by atoms with Crippen LogP contribution in [0.4, 0.5) is 18.9 Å². The zero-order valence-corrected chi connectivity index (χ0v) is 9.90. The number of hydrogen-bond acceptors (Lipinski definition) is 2. The molecule has 2 rings (SSSR count). The summed E-state index contributed by atoms with van der Waals surface area (Å²) in [5, 5.41) is 5.01. The van der Waals surface area contributed by atoms with Crippen molar-refractivity contribution in [2.75, 3.05) is 18.4 Å². The third-order valence-electron chi connectivity index (χ3n) is 2.72. The van der Waals surface area contributed by atoms with E-state index in [0.717, 1.165) is 6.07 Å². The molecule has 18 heavy (non-hydrogen) atoms. The summed E-state index contributed by atoms with van der Waals surface area (Å²) in [4.78, 5) is 11.6. The van der Waals surface area contributed by atoms with Crippen LogP contribution in [0.15, 0.2) is 18.2 Å². The van der Waals surface area contributed by atoms with Gasteiger partial charge in [0.25, 0.3) is 0 Å². The molecule has 0 saturated carbocycles. The Balaban J connectivity index is 2.28. The number of benzene rings is 1. The number of hydrogen-bond donors (Lipinski definition) is 2. The highest BCUT2D eigenvalue weighted by molar-refractivity contribution is 6.34. The van der Waals surface area contributed by atoms with Gasteiger partial charge in [-0.2, -0.15) is 13.2 Å². The Hall–Kier alpha value is -1.27. The first kappa shape index (κ1) is 13.2. The molecule has 1 aromatic rings. The highest BCUT2D eigenvalue weighted by Gasteiger charge is 2.35. The molecule has 0 atom stereocenters. The first-order valence-electron chi connectivity index (χ1n) is 5.27. The number of nitrogens with one attached hydrogen (secondary N) is 2. The third kappa shape index (κ3) is 2.59.